The lowest BCUT2D eigenvalue weighted by Crippen LogP contribution is -2.60. The van der Waals surface area contributed by atoms with E-state index in [9.17, 15) is 27.6 Å². The van der Waals surface area contributed by atoms with Crippen molar-refractivity contribution in [1.29, 1.82) is 0 Å². The molecule has 272 valence electrons. The van der Waals surface area contributed by atoms with Crippen molar-refractivity contribution in [2.75, 3.05) is 13.7 Å². The molecule has 5 rings (SSSR count). The van der Waals surface area contributed by atoms with Crippen molar-refractivity contribution in [2.45, 2.75) is 109 Å². The van der Waals surface area contributed by atoms with Gasteiger partial charge in [-0.3, -0.25) is 14.4 Å². The zero-order valence-electron chi connectivity index (χ0n) is 29.9. The molecule has 1 aliphatic heterocycles. The molecule has 50 heavy (non-hydrogen) atoms. The Kier molecular flexibility index (Phi) is 9.96. The van der Waals surface area contributed by atoms with E-state index >= 15 is 0 Å². The largest absolute Gasteiger partial charge is 0.497 e. The van der Waals surface area contributed by atoms with Gasteiger partial charge in [-0.2, -0.15) is 0 Å². The van der Waals surface area contributed by atoms with Crippen LogP contribution < -0.4 is 24.8 Å². The second kappa shape index (κ2) is 13.5. The van der Waals surface area contributed by atoms with E-state index in [4.69, 9.17) is 14.2 Å². The molecule has 3 N–H and O–H groups in total. The van der Waals surface area contributed by atoms with Gasteiger partial charge in [0.05, 0.1) is 13.7 Å². The van der Waals surface area contributed by atoms with Crippen LogP contribution in [-0.4, -0.2) is 90.3 Å². The monoisotopic (exact) mass is 714 g/mol. The van der Waals surface area contributed by atoms with E-state index in [1.807, 2.05) is 25.1 Å². The van der Waals surface area contributed by atoms with Crippen molar-refractivity contribution in [3.05, 3.63) is 36.9 Å². The zero-order chi connectivity index (χ0) is 36.8. The molecule has 2 saturated carbocycles. The summed E-state index contributed by atoms with van der Waals surface area (Å²) in [5, 5.41) is 6.31. The predicted molar refractivity (Wildman–Crippen MR) is 184 cm³/mol. The third kappa shape index (κ3) is 8.03. The van der Waals surface area contributed by atoms with E-state index in [0.717, 1.165) is 5.39 Å². The molecular formula is C35H48N5O9S+. The van der Waals surface area contributed by atoms with Crippen molar-refractivity contribution in [3.8, 4) is 11.6 Å². The summed E-state index contributed by atoms with van der Waals surface area (Å²) in [6.07, 6.45) is 2.84. The summed E-state index contributed by atoms with van der Waals surface area (Å²) in [4.78, 5) is 60.8. The number of alkyl carbamates (subject to hydrolysis) is 1. The van der Waals surface area contributed by atoms with Gasteiger partial charge in [0.1, 0.15) is 47.9 Å². The second-order valence-electron chi connectivity index (χ2n) is 15.4. The minimum atomic E-state index is -3.92. The average molecular weight is 715 g/mol. The molecule has 2 heterocycles. The van der Waals surface area contributed by atoms with Gasteiger partial charge in [0.2, 0.25) is 17.7 Å². The molecule has 3 fully saturated rings. The fraction of sp³-hybridized carbons (Fsp3) is 0.600. The molecule has 1 aromatic heterocycles. The van der Waals surface area contributed by atoms with Gasteiger partial charge in [-0.15, -0.1) is 0 Å². The Hall–Kier alpha value is -4.27. The quantitative estimate of drug-likeness (QED) is 0.292. The maximum Gasteiger partial charge on any atom is 0.408 e. The van der Waals surface area contributed by atoms with E-state index in [0.29, 0.717) is 29.9 Å². The Balaban J connectivity index is 1.44. The number of ether oxygens (including phenoxy) is 3. The summed E-state index contributed by atoms with van der Waals surface area (Å²) >= 11 is 0. The fourth-order valence-electron chi connectivity index (χ4n) is 6.34. The zero-order valence-corrected chi connectivity index (χ0v) is 30.7. The van der Waals surface area contributed by atoms with Gasteiger partial charge < -0.3 is 29.7 Å². The summed E-state index contributed by atoms with van der Waals surface area (Å²) in [5.41, 5.74) is -3.07. The molecule has 0 bridgehead atoms. The van der Waals surface area contributed by atoms with Gasteiger partial charge in [0.25, 0.3) is 21.2 Å². The standard InChI is InChI=1S/C35H47N5O9S/c1-9-21-18-35(21,31(43)39-50(45,46)24-11-12-24)38-28(41)26-17-23(48-29-25-13-10-22(47-8)16-20(25)14-15-36-29)19-40(26)30(42)27(33(2,3)4)37-32(44)49-34(5,6)7/h10-11,13-16,21,23-24,26-27H,9,12,17-19H2,1-8H3,(H2-,37,38,39,41,43,44)/p+1/t21-,23-,24?,26+,27-,35-/m1/s1. The molecule has 1 unspecified atom stereocenters. The number of nitrogens with zero attached hydrogens (tertiary/aromatic N) is 2. The van der Waals surface area contributed by atoms with Crippen molar-refractivity contribution in [3.63, 3.8) is 0 Å². The van der Waals surface area contributed by atoms with Crippen LogP contribution in [0.3, 0.4) is 0 Å². The highest BCUT2D eigenvalue weighted by molar-refractivity contribution is 7.91. The van der Waals surface area contributed by atoms with E-state index in [2.05, 4.69) is 20.3 Å². The van der Waals surface area contributed by atoms with Gasteiger partial charge in [0.15, 0.2) is 0 Å². The summed E-state index contributed by atoms with van der Waals surface area (Å²) in [5.74, 6) is -1.31. The second-order valence-corrected chi connectivity index (χ2v) is 17.3. The number of hydrogen-bond donors (Lipinski definition) is 3. The van der Waals surface area contributed by atoms with Crippen molar-refractivity contribution in [2.24, 2.45) is 11.3 Å². The molecule has 14 nitrogen and oxygen atoms in total. The van der Waals surface area contributed by atoms with Gasteiger partial charge in [-0.05, 0) is 68.2 Å². The number of aromatic nitrogens is 1. The first-order valence-electron chi connectivity index (χ1n) is 16.9. The lowest BCUT2D eigenvalue weighted by Gasteiger charge is -2.36. The number of carbonyl (C=O) groups excluding carboxylic acids is 4. The predicted octanol–water partition coefficient (Wildman–Crippen LogP) is 3.24. The third-order valence-electron chi connectivity index (χ3n) is 9.25. The topological polar surface area (TPSA) is 182 Å². The Morgan fingerprint density at radius 1 is 1.12 bits per heavy atom. The molecule has 2 aromatic rings. The molecule has 6 atom stereocenters. The summed E-state index contributed by atoms with van der Waals surface area (Å²) in [6.45, 7) is 12.3. The Morgan fingerprint density at radius 3 is 2.40 bits per heavy atom. The number of amides is 4. The van der Waals surface area contributed by atoms with Crippen molar-refractivity contribution >= 4 is 44.6 Å². The highest BCUT2D eigenvalue weighted by Gasteiger charge is 2.63. The number of methoxy groups -OCH3 is 1. The summed E-state index contributed by atoms with van der Waals surface area (Å²) < 4.78 is 44.6. The number of sulfonamides is 1. The first-order chi connectivity index (χ1) is 23.3. The van der Waals surface area contributed by atoms with E-state index in [1.165, 1.54) is 4.90 Å². The first kappa shape index (κ1) is 37.0. The molecular weight excluding hydrogens is 666 g/mol. The highest BCUT2D eigenvalue weighted by Crippen LogP contribution is 2.47. The molecule has 0 radical (unpaired) electrons. The Bertz CT molecular complexity index is 1770. The van der Waals surface area contributed by atoms with Gasteiger partial charge >= 0.3 is 6.09 Å². The van der Waals surface area contributed by atoms with Crippen LogP contribution in [0.25, 0.3) is 10.8 Å². The van der Waals surface area contributed by atoms with Crippen LogP contribution in [0, 0.1) is 17.8 Å². The van der Waals surface area contributed by atoms with E-state index in [1.54, 1.807) is 67.3 Å². The Morgan fingerprint density at radius 2 is 1.82 bits per heavy atom. The van der Waals surface area contributed by atoms with Crippen LogP contribution in [-0.2, 0) is 29.1 Å². The Labute approximate surface area is 293 Å². The first-order valence-corrected chi connectivity index (χ1v) is 18.4. The molecule has 3 aliphatic rings. The van der Waals surface area contributed by atoms with Crippen LogP contribution >= 0.6 is 0 Å². The SMILES string of the molecule is CC[C@@H]1C[C@]1(NC(=O)[C@@H]1C[C@@H](Oc2nccc3cc(OC)ccc23)CN1C(=O)[C@@H](NC(=O)OC(C)(C)C)C(C)(C)C)C(=O)NS(=O)(=O)C1[CH+]C1. The van der Waals surface area contributed by atoms with E-state index < -0.39 is 73.8 Å². The van der Waals surface area contributed by atoms with Gasteiger partial charge in [-0.25, -0.2) is 22.9 Å². The number of carbonyl (C=O) groups is 4. The smallest absolute Gasteiger partial charge is 0.408 e. The average Bonchev–Trinajstić information content (AvgIpc) is 3.95. The molecule has 1 aromatic carbocycles. The lowest BCUT2D eigenvalue weighted by molar-refractivity contribution is -0.143. The molecule has 2 aliphatic carbocycles. The lowest BCUT2D eigenvalue weighted by atomic mass is 9.85. The normalized spacial score (nSPS) is 25.2. The van der Waals surface area contributed by atoms with Gasteiger partial charge in [0, 0.05) is 18.0 Å². The number of pyridine rings is 1. The van der Waals surface area contributed by atoms with Crippen LogP contribution in [0.4, 0.5) is 4.79 Å². The molecule has 4 amide bonds. The number of fused-ring (bicyclic) bond motifs is 1. The van der Waals surface area contributed by atoms with Crippen LogP contribution in [0.1, 0.15) is 74.1 Å². The number of nitrogens with one attached hydrogen (secondary N) is 3. The van der Waals surface area contributed by atoms with Gasteiger partial charge in [-0.1, -0.05) is 34.1 Å². The summed E-state index contributed by atoms with van der Waals surface area (Å²) in [7, 11) is -2.35. The van der Waals surface area contributed by atoms with E-state index in [-0.39, 0.29) is 25.3 Å². The molecule has 1 saturated heterocycles. The highest BCUT2D eigenvalue weighted by atomic mass is 32.2. The number of hydrogen-bond acceptors (Lipinski definition) is 10. The van der Waals surface area contributed by atoms with Crippen LogP contribution in [0.15, 0.2) is 30.5 Å². The third-order valence-corrected chi connectivity index (χ3v) is 10.9. The molecule has 0 spiro atoms. The summed E-state index contributed by atoms with van der Waals surface area (Å²) in [6, 6.07) is 5.02. The van der Waals surface area contributed by atoms with Crippen molar-refractivity contribution < 1.29 is 41.8 Å². The van der Waals surface area contributed by atoms with Crippen LogP contribution in [0.5, 0.6) is 11.6 Å². The maximum atomic E-state index is 14.4. The number of likely N-dealkylation sites (tertiary alicyclic amines) is 1. The fourth-order valence-corrected chi connectivity index (χ4v) is 7.55. The number of benzene rings is 1. The minimum Gasteiger partial charge on any atom is -0.497 e. The van der Waals surface area contributed by atoms with Crippen LogP contribution in [0.2, 0.25) is 0 Å². The minimum absolute atomic E-state index is 0.0317. The number of rotatable bonds is 11. The maximum absolute atomic E-state index is 14.4. The van der Waals surface area contributed by atoms with Crippen molar-refractivity contribution in [1.82, 2.24) is 25.2 Å². The molecule has 15 heteroatoms.